The van der Waals surface area contributed by atoms with Crippen LogP contribution in [0.15, 0.2) is 79.5 Å². The molecule has 0 N–H and O–H groups in total. The molecule has 5 nitrogen and oxygen atoms in total. The minimum Gasteiger partial charge on any atom is -0.487 e. The lowest BCUT2D eigenvalue weighted by molar-refractivity contribution is 0.304. The second kappa shape index (κ2) is 10.0. The van der Waals surface area contributed by atoms with Gasteiger partial charge in [0, 0.05) is 20.5 Å². The second-order valence-corrected chi connectivity index (χ2v) is 11.0. The van der Waals surface area contributed by atoms with E-state index in [1.807, 2.05) is 63.2 Å². The van der Waals surface area contributed by atoms with Crippen molar-refractivity contribution in [3.63, 3.8) is 0 Å². The summed E-state index contributed by atoms with van der Waals surface area (Å²) >= 11 is 13.3. The molecule has 4 aromatic rings. The van der Waals surface area contributed by atoms with Crippen molar-refractivity contribution >= 4 is 60.6 Å². The quantitative estimate of drug-likeness (QED) is 0.225. The first kappa shape index (κ1) is 24.6. The lowest BCUT2D eigenvalue weighted by Gasteiger charge is -2.21. The lowest BCUT2D eigenvalue weighted by Crippen LogP contribution is -2.29. The summed E-state index contributed by atoms with van der Waals surface area (Å²) in [6.45, 7) is 6.36. The monoisotopic (exact) mass is 601 g/mol. The van der Waals surface area contributed by atoms with E-state index >= 15 is 0 Å². The Morgan fingerprint density at radius 2 is 1.82 bits per heavy atom. The Morgan fingerprint density at radius 3 is 2.53 bits per heavy atom. The molecule has 1 aromatic heterocycles. The van der Waals surface area contributed by atoms with E-state index in [4.69, 9.17) is 21.3 Å². The summed E-state index contributed by atoms with van der Waals surface area (Å²) in [7, 11) is 0. The van der Waals surface area contributed by atoms with Crippen molar-refractivity contribution in [2.75, 3.05) is 0 Å². The van der Waals surface area contributed by atoms with Crippen molar-refractivity contribution in [3.05, 3.63) is 102 Å². The molecule has 0 aliphatic carbocycles. The van der Waals surface area contributed by atoms with E-state index in [-0.39, 0.29) is 5.56 Å². The number of halogens is 3. The fourth-order valence-corrected chi connectivity index (χ4v) is 4.73. The van der Waals surface area contributed by atoms with Gasteiger partial charge < -0.3 is 4.74 Å². The third-order valence-electron chi connectivity index (χ3n) is 5.05. The van der Waals surface area contributed by atoms with Gasteiger partial charge in [0.2, 0.25) is 0 Å². The Labute approximate surface area is 219 Å². The number of fused-ring (bicyclic) bond motifs is 1. The topological polar surface area (TPSA) is 56.5 Å². The highest BCUT2D eigenvalue weighted by Crippen LogP contribution is 2.33. The van der Waals surface area contributed by atoms with Crippen molar-refractivity contribution < 1.29 is 4.74 Å². The molecule has 34 heavy (non-hydrogen) atoms. The molecule has 0 spiro atoms. The highest BCUT2D eigenvalue weighted by Gasteiger charge is 2.23. The average Bonchev–Trinajstić information content (AvgIpc) is 2.78. The molecule has 8 heteroatoms. The minimum atomic E-state index is -0.417. The first-order valence-electron chi connectivity index (χ1n) is 10.6. The van der Waals surface area contributed by atoms with E-state index in [0.29, 0.717) is 44.1 Å². The van der Waals surface area contributed by atoms with Crippen LogP contribution in [0.25, 0.3) is 10.9 Å². The van der Waals surface area contributed by atoms with Gasteiger partial charge in [0.15, 0.2) is 0 Å². The van der Waals surface area contributed by atoms with Gasteiger partial charge in [-0.15, -0.1) is 0 Å². The molecule has 0 aliphatic rings. The molecule has 0 saturated carbocycles. The molecule has 4 rings (SSSR count). The smallest absolute Gasteiger partial charge is 0.282 e. The fraction of sp³-hybridized carbons (Fsp3) is 0.192. The van der Waals surface area contributed by atoms with Crippen LogP contribution >= 0.6 is 43.5 Å². The fourth-order valence-electron chi connectivity index (χ4n) is 3.42. The molecule has 0 unspecified atom stereocenters. The summed E-state index contributed by atoms with van der Waals surface area (Å²) in [4.78, 5) is 18.2. The molecule has 0 atom stereocenters. The summed E-state index contributed by atoms with van der Waals surface area (Å²) in [5, 5.41) is 5.56. The average molecular weight is 604 g/mol. The third kappa shape index (κ3) is 5.43. The number of hydrogen-bond donors (Lipinski definition) is 0. The van der Waals surface area contributed by atoms with Crippen molar-refractivity contribution in [3.8, 4) is 5.75 Å². The molecule has 0 fully saturated rings. The Hall–Kier alpha value is -2.48. The number of aromatic nitrogens is 2. The number of rotatable bonds is 5. The molecule has 0 amide bonds. The Kier molecular flexibility index (Phi) is 7.26. The van der Waals surface area contributed by atoms with Crippen LogP contribution in [0.3, 0.4) is 0 Å². The van der Waals surface area contributed by atoms with Crippen molar-refractivity contribution in [1.82, 2.24) is 9.66 Å². The first-order chi connectivity index (χ1) is 16.1. The number of benzene rings is 3. The Balaban J connectivity index is 1.81. The van der Waals surface area contributed by atoms with Gasteiger partial charge in [-0.25, -0.2) is 4.98 Å². The molecular formula is C26H22Br2ClN3O2. The molecule has 1 heterocycles. The molecule has 0 bridgehead atoms. The van der Waals surface area contributed by atoms with Crippen LogP contribution in [0.1, 0.15) is 37.7 Å². The van der Waals surface area contributed by atoms with E-state index in [0.717, 1.165) is 10.0 Å². The van der Waals surface area contributed by atoms with Crippen LogP contribution < -0.4 is 10.3 Å². The van der Waals surface area contributed by atoms with Crippen LogP contribution in [0.4, 0.5) is 0 Å². The first-order valence-corrected chi connectivity index (χ1v) is 12.5. The van der Waals surface area contributed by atoms with Crippen molar-refractivity contribution in [1.29, 1.82) is 0 Å². The summed E-state index contributed by atoms with van der Waals surface area (Å²) in [5.41, 5.74) is 1.63. The number of hydrogen-bond acceptors (Lipinski definition) is 4. The lowest BCUT2D eigenvalue weighted by atomic mass is 9.95. The van der Waals surface area contributed by atoms with Crippen molar-refractivity contribution in [2.24, 2.45) is 5.10 Å². The van der Waals surface area contributed by atoms with Crippen LogP contribution in [-0.4, -0.2) is 15.9 Å². The summed E-state index contributed by atoms with van der Waals surface area (Å²) in [6, 6.07) is 18.8. The van der Waals surface area contributed by atoms with E-state index in [1.54, 1.807) is 24.4 Å². The molecule has 174 valence electrons. The maximum absolute atomic E-state index is 13.4. The highest BCUT2D eigenvalue weighted by molar-refractivity contribution is 9.10. The zero-order valence-corrected chi connectivity index (χ0v) is 22.8. The van der Waals surface area contributed by atoms with Gasteiger partial charge in [-0.1, -0.05) is 78.6 Å². The predicted octanol–water partition coefficient (Wildman–Crippen LogP) is 7.33. The van der Waals surface area contributed by atoms with Gasteiger partial charge in [0.1, 0.15) is 18.2 Å². The highest BCUT2D eigenvalue weighted by atomic mass is 79.9. The van der Waals surface area contributed by atoms with Gasteiger partial charge in [0.05, 0.1) is 21.6 Å². The van der Waals surface area contributed by atoms with Gasteiger partial charge in [0.25, 0.3) is 5.56 Å². The second-order valence-electron chi connectivity index (χ2n) is 8.79. The van der Waals surface area contributed by atoms with Gasteiger partial charge in [-0.3, -0.25) is 4.79 Å². The summed E-state index contributed by atoms with van der Waals surface area (Å²) in [6.07, 6.45) is 1.58. The largest absolute Gasteiger partial charge is 0.487 e. The van der Waals surface area contributed by atoms with E-state index in [1.165, 1.54) is 4.68 Å². The minimum absolute atomic E-state index is 0.250. The van der Waals surface area contributed by atoms with E-state index in [2.05, 4.69) is 37.0 Å². The van der Waals surface area contributed by atoms with Crippen molar-refractivity contribution in [2.45, 2.75) is 32.8 Å². The Bertz CT molecular complexity index is 1440. The standard InChI is InChI=1S/C26H22Br2ClN3O2/c1-26(2,3)25-31-22-10-9-18(27)12-20(22)24(33)32(25)30-14-17-11-19(29)13-21(28)23(17)34-15-16-7-5-4-6-8-16/h4-14H,15H2,1-3H3. The maximum atomic E-state index is 13.4. The normalized spacial score (nSPS) is 11.9. The maximum Gasteiger partial charge on any atom is 0.282 e. The van der Waals surface area contributed by atoms with Crippen LogP contribution in [-0.2, 0) is 12.0 Å². The number of ether oxygens (including phenoxy) is 1. The molecule has 0 aliphatic heterocycles. The summed E-state index contributed by atoms with van der Waals surface area (Å²) < 4.78 is 8.95. The molecule has 0 saturated heterocycles. The predicted molar refractivity (Wildman–Crippen MR) is 145 cm³/mol. The zero-order valence-electron chi connectivity index (χ0n) is 18.8. The SMILES string of the molecule is CC(C)(C)c1nc2ccc(Br)cc2c(=O)n1N=Cc1cc(Cl)cc(Br)c1OCc1ccccc1. The Morgan fingerprint density at radius 1 is 1.09 bits per heavy atom. The van der Waals surface area contributed by atoms with Crippen LogP contribution in [0.5, 0.6) is 5.75 Å². The molecule has 0 radical (unpaired) electrons. The third-order valence-corrected chi connectivity index (χ3v) is 6.36. The van der Waals surface area contributed by atoms with Gasteiger partial charge >= 0.3 is 0 Å². The molecular weight excluding hydrogens is 582 g/mol. The van der Waals surface area contributed by atoms with Crippen LogP contribution in [0, 0.1) is 0 Å². The molecule has 3 aromatic carbocycles. The number of nitrogens with zero attached hydrogens (tertiary/aromatic N) is 3. The summed E-state index contributed by atoms with van der Waals surface area (Å²) in [5.74, 6) is 1.13. The van der Waals surface area contributed by atoms with E-state index < -0.39 is 5.41 Å². The van der Waals surface area contributed by atoms with Gasteiger partial charge in [-0.05, 0) is 51.8 Å². The zero-order chi connectivity index (χ0) is 24.5. The van der Waals surface area contributed by atoms with Gasteiger partial charge in [-0.2, -0.15) is 9.78 Å². The van der Waals surface area contributed by atoms with Crippen LogP contribution in [0.2, 0.25) is 5.02 Å². The van der Waals surface area contributed by atoms with E-state index in [9.17, 15) is 4.79 Å².